The summed E-state index contributed by atoms with van der Waals surface area (Å²) >= 11 is 6.03. The number of phenols is 1. The third kappa shape index (κ3) is 3.70. The van der Waals surface area contributed by atoms with E-state index in [9.17, 15) is 28.7 Å². The summed E-state index contributed by atoms with van der Waals surface area (Å²) in [5, 5.41) is 11.0. The minimum Gasteiger partial charge on any atom is -0.508 e. The van der Waals surface area contributed by atoms with Crippen molar-refractivity contribution < 1.29 is 33.4 Å². The molecular weight excluding hydrogens is 551 g/mol. The van der Waals surface area contributed by atoms with Crippen LogP contribution < -0.4 is 9.64 Å². The highest BCUT2D eigenvalue weighted by Crippen LogP contribution is 2.65. The van der Waals surface area contributed by atoms with Crippen LogP contribution >= 0.6 is 11.6 Å². The molecule has 0 radical (unpaired) electrons. The molecule has 10 heteroatoms. The summed E-state index contributed by atoms with van der Waals surface area (Å²) in [5.74, 6) is -5.38. The molecule has 4 aliphatic rings. The van der Waals surface area contributed by atoms with Gasteiger partial charge >= 0.3 is 0 Å². The molecule has 2 aromatic rings. The van der Waals surface area contributed by atoms with E-state index in [0.717, 1.165) is 16.5 Å². The maximum Gasteiger partial charge on any atom is 0.241 e. The van der Waals surface area contributed by atoms with Crippen molar-refractivity contribution in [1.82, 2.24) is 4.90 Å². The average molecular weight is 581 g/mol. The number of phenolic OH excluding ortho intramolecular Hbond substituents is 1. The second-order valence-corrected chi connectivity index (χ2v) is 11.9. The van der Waals surface area contributed by atoms with Gasteiger partial charge in [0.1, 0.15) is 17.3 Å². The number of carbonyl (C=O) groups excluding carboxylic acids is 4. The van der Waals surface area contributed by atoms with Gasteiger partial charge in [-0.3, -0.25) is 24.1 Å². The number of benzene rings is 2. The molecule has 41 heavy (non-hydrogen) atoms. The summed E-state index contributed by atoms with van der Waals surface area (Å²) in [6.07, 6.45) is 3.03. The SMILES string of the molecule is CCCN1C(=O)C2CC=C3C(CC4C(=O)N(c5ccc(F)c(Cl)c5)C(=O)C4(C)C3c3c(O)cccc3OC)C2C1=O. The van der Waals surface area contributed by atoms with Crippen LogP contribution in [-0.4, -0.2) is 47.3 Å². The van der Waals surface area contributed by atoms with Crippen molar-refractivity contribution in [3.63, 3.8) is 0 Å². The van der Waals surface area contributed by atoms with Crippen LogP contribution in [0.1, 0.15) is 44.6 Å². The van der Waals surface area contributed by atoms with Crippen molar-refractivity contribution in [2.45, 2.75) is 39.0 Å². The fourth-order valence-electron chi connectivity index (χ4n) is 7.70. The van der Waals surface area contributed by atoms with Gasteiger partial charge in [-0.25, -0.2) is 9.29 Å². The van der Waals surface area contributed by atoms with Crippen LogP contribution in [0.2, 0.25) is 5.02 Å². The number of hydrogen-bond acceptors (Lipinski definition) is 6. The Bertz CT molecular complexity index is 1540. The van der Waals surface area contributed by atoms with E-state index in [0.29, 0.717) is 30.7 Å². The molecule has 6 unspecified atom stereocenters. The molecule has 0 spiro atoms. The Balaban J connectivity index is 1.55. The zero-order valence-electron chi connectivity index (χ0n) is 22.9. The first-order valence-electron chi connectivity index (χ1n) is 13.8. The fourth-order valence-corrected chi connectivity index (χ4v) is 7.88. The number of aromatic hydroxyl groups is 1. The molecular formula is C31H30ClFN2O6. The molecule has 2 saturated heterocycles. The van der Waals surface area contributed by atoms with Crippen LogP contribution in [0.3, 0.4) is 0 Å². The standard InChI is InChI=1S/C31H30ClFN2O6/c1-4-12-34-27(37)17-10-9-16-18(24(17)29(34)39)14-19-28(38)35(15-8-11-21(33)20(32)13-15)30(40)31(19,2)26(16)25-22(36)6-5-7-23(25)41-3/h5-9,11,13,17-19,24,26,36H,4,10,12,14H2,1-3H3. The van der Waals surface area contributed by atoms with Gasteiger partial charge < -0.3 is 9.84 Å². The quantitative estimate of drug-likeness (QED) is 0.401. The van der Waals surface area contributed by atoms with Crippen LogP contribution in [0.15, 0.2) is 48.0 Å². The molecule has 3 fully saturated rings. The number of halogens is 2. The first-order valence-corrected chi connectivity index (χ1v) is 14.2. The van der Waals surface area contributed by atoms with Gasteiger partial charge in [0.05, 0.1) is 41.0 Å². The first-order chi connectivity index (χ1) is 19.6. The second-order valence-electron chi connectivity index (χ2n) is 11.5. The number of methoxy groups -OCH3 is 1. The van der Waals surface area contributed by atoms with Crippen molar-refractivity contribution in [3.05, 3.63) is 64.5 Å². The van der Waals surface area contributed by atoms with Gasteiger partial charge in [0.2, 0.25) is 23.6 Å². The van der Waals surface area contributed by atoms with E-state index in [1.807, 2.05) is 13.0 Å². The topological polar surface area (TPSA) is 104 Å². The molecule has 6 rings (SSSR count). The molecule has 4 amide bonds. The third-order valence-corrected chi connectivity index (χ3v) is 9.82. The lowest BCUT2D eigenvalue weighted by Gasteiger charge is -2.49. The Morgan fingerprint density at radius 3 is 2.54 bits per heavy atom. The molecule has 0 aromatic heterocycles. The van der Waals surface area contributed by atoms with Crippen molar-refractivity contribution in [2.24, 2.45) is 29.1 Å². The summed E-state index contributed by atoms with van der Waals surface area (Å²) in [7, 11) is 1.46. The molecule has 1 saturated carbocycles. The van der Waals surface area contributed by atoms with E-state index in [2.05, 4.69) is 0 Å². The van der Waals surface area contributed by atoms with E-state index in [1.54, 1.807) is 19.1 Å². The zero-order valence-corrected chi connectivity index (χ0v) is 23.7. The number of likely N-dealkylation sites (tertiary alicyclic amines) is 1. The number of anilines is 1. The number of carbonyl (C=O) groups is 4. The van der Waals surface area contributed by atoms with Crippen molar-refractivity contribution >= 4 is 40.9 Å². The van der Waals surface area contributed by atoms with Crippen molar-refractivity contribution in [1.29, 1.82) is 0 Å². The normalized spacial score (nSPS) is 30.8. The smallest absolute Gasteiger partial charge is 0.241 e. The second kappa shape index (κ2) is 9.69. The van der Waals surface area contributed by atoms with Crippen molar-refractivity contribution in [3.8, 4) is 11.5 Å². The summed E-state index contributed by atoms with van der Waals surface area (Å²) in [6, 6.07) is 8.47. The van der Waals surface area contributed by atoms with Crippen LogP contribution in [-0.2, 0) is 19.2 Å². The minimum atomic E-state index is -1.38. The van der Waals surface area contributed by atoms with E-state index >= 15 is 0 Å². The van der Waals surface area contributed by atoms with Gasteiger partial charge in [-0.05, 0) is 62.4 Å². The van der Waals surface area contributed by atoms with Gasteiger partial charge in [-0.1, -0.05) is 36.2 Å². The number of allylic oxidation sites excluding steroid dienone is 2. The van der Waals surface area contributed by atoms with E-state index in [-0.39, 0.29) is 34.7 Å². The highest BCUT2D eigenvalue weighted by molar-refractivity contribution is 6.31. The molecule has 214 valence electrons. The lowest BCUT2D eigenvalue weighted by molar-refractivity contribution is -0.140. The Kier molecular flexibility index (Phi) is 6.48. The molecule has 1 N–H and O–H groups in total. The fraction of sp³-hybridized carbons (Fsp3) is 0.419. The van der Waals surface area contributed by atoms with Crippen LogP contribution in [0, 0.1) is 34.9 Å². The van der Waals surface area contributed by atoms with E-state index < -0.39 is 52.6 Å². The highest BCUT2D eigenvalue weighted by Gasteiger charge is 2.68. The lowest BCUT2D eigenvalue weighted by atomic mass is 9.51. The average Bonchev–Trinajstić information content (AvgIpc) is 3.30. The Hall–Kier alpha value is -3.72. The number of rotatable bonds is 5. The maximum absolute atomic E-state index is 14.4. The number of amides is 4. The number of imide groups is 2. The lowest BCUT2D eigenvalue weighted by Crippen LogP contribution is -2.49. The van der Waals surface area contributed by atoms with E-state index in [4.69, 9.17) is 16.3 Å². The van der Waals surface area contributed by atoms with Gasteiger partial charge in [0.15, 0.2) is 0 Å². The van der Waals surface area contributed by atoms with Gasteiger partial charge in [0, 0.05) is 18.0 Å². The third-order valence-electron chi connectivity index (χ3n) is 9.53. The number of hydrogen-bond donors (Lipinski definition) is 1. The molecule has 8 nitrogen and oxygen atoms in total. The zero-order chi connectivity index (χ0) is 29.4. The van der Waals surface area contributed by atoms with Gasteiger partial charge in [-0.15, -0.1) is 0 Å². The summed E-state index contributed by atoms with van der Waals surface area (Å²) < 4.78 is 19.7. The predicted octanol–water partition coefficient (Wildman–Crippen LogP) is 4.83. The first kappa shape index (κ1) is 27.4. The van der Waals surface area contributed by atoms with Crippen molar-refractivity contribution in [2.75, 3.05) is 18.6 Å². The maximum atomic E-state index is 14.4. The molecule has 2 heterocycles. The Labute approximate surface area is 241 Å². The largest absolute Gasteiger partial charge is 0.508 e. The predicted molar refractivity (Wildman–Crippen MR) is 148 cm³/mol. The monoisotopic (exact) mass is 580 g/mol. The molecule has 2 aliphatic heterocycles. The molecule has 2 aromatic carbocycles. The Morgan fingerprint density at radius 2 is 1.85 bits per heavy atom. The van der Waals surface area contributed by atoms with Crippen LogP contribution in [0.5, 0.6) is 11.5 Å². The minimum absolute atomic E-state index is 0.108. The number of fused-ring (bicyclic) bond motifs is 4. The highest BCUT2D eigenvalue weighted by atomic mass is 35.5. The van der Waals surface area contributed by atoms with E-state index in [1.165, 1.54) is 30.2 Å². The summed E-state index contributed by atoms with van der Waals surface area (Å²) in [6.45, 7) is 3.92. The Morgan fingerprint density at radius 1 is 1.10 bits per heavy atom. The molecule has 0 bridgehead atoms. The van der Waals surface area contributed by atoms with Crippen LogP contribution in [0.25, 0.3) is 0 Å². The molecule has 6 atom stereocenters. The summed E-state index contributed by atoms with van der Waals surface area (Å²) in [5.41, 5.74) is -0.154. The molecule has 2 aliphatic carbocycles. The van der Waals surface area contributed by atoms with Crippen LogP contribution in [0.4, 0.5) is 10.1 Å². The number of ether oxygens (including phenoxy) is 1. The van der Waals surface area contributed by atoms with Gasteiger partial charge in [-0.2, -0.15) is 0 Å². The summed E-state index contributed by atoms with van der Waals surface area (Å²) in [4.78, 5) is 57.9. The van der Waals surface area contributed by atoms with Gasteiger partial charge in [0.25, 0.3) is 0 Å². The number of nitrogens with zero attached hydrogens (tertiary/aromatic N) is 2.